The van der Waals surface area contributed by atoms with Crippen LogP contribution in [0, 0.1) is 0 Å². The van der Waals surface area contributed by atoms with Gasteiger partial charge in [0.05, 0.1) is 0 Å². The summed E-state index contributed by atoms with van der Waals surface area (Å²) in [5, 5.41) is 0. The Kier molecular flexibility index (Phi) is 9.62. The Bertz CT molecular complexity index is 532. The van der Waals surface area contributed by atoms with E-state index in [4.69, 9.17) is 9.47 Å². The molecule has 0 radical (unpaired) electrons. The van der Waals surface area contributed by atoms with Crippen LogP contribution in [-0.2, 0) is 23.9 Å². The van der Waals surface area contributed by atoms with E-state index in [1.54, 1.807) is 58.8 Å². The van der Waals surface area contributed by atoms with Crippen LogP contribution in [0.1, 0.15) is 61.3 Å². The SMILES string of the molecule is CC(C)(C)OC(=O)CC(=O)OC(C)(C)C.CCC(=O)N1C=CC=CC=C1. The summed E-state index contributed by atoms with van der Waals surface area (Å²) in [7, 11) is 0. The lowest BCUT2D eigenvalue weighted by Crippen LogP contribution is -2.29. The lowest BCUT2D eigenvalue weighted by molar-refractivity contribution is -0.166. The van der Waals surface area contributed by atoms with Crippen LogP contribution in [0.2, 0.25) is 0 Å². The van der Waals surface area contributed by atoms with Gasteiger partial charge in [-0.3, -0.25) is 19.3 Å². The second kappa shape index (κ2) is 10.6. The van der Waals surface area contributed by atoms with Crippen molar-refractivity contribution in [2.45, 2.75) is 72.5 Å². The molecule has 0 spiro atoms. The Hall–Kier alpha value is -2.37. The average molecular weight is 365 g/mol. The fourth-order valence-corrected chi connectivity index (χ4v) is 1.68. The monoisotopic (exact) mass is 365 g/mol. The van der Waals surface area contributed by atoms with Crippen molar-refractivity contribution in [2.24, 2.45) is 0 Å². The number of allylic oxidation sites excluding steroid dienone is 4. The Morgan fingerprint density at radius 1 is 0.769 bits per heavy atom. The third-order valence-electron chi connectivity index (χ3n) is 2.55. The number of hydrogen-bond donors (Lipinski definition) is 0. The van der Waals surface area contributed by atoms with E-state index in [0.717, 1.165) is 0 Å². The van der Waals surface area contributed by atoms with E-state index in [9.17, 15) is 14.4 Å². The van der Waals surface area contributed by atoms with Crippen LogP contribution in [0.15, 0.2) is 36.7 Å². The largest absolute Gasteiger partial charge is 0.460 e. The molecule has 0 aromatic heterocycles. The van der Waals surface area contributed by atoms with Gasteiger partial charge in [-0.15, -0.1) is 0 Å². The maximum absolute atomic E-state index is 11.2. The molecule has 6 nitrogen and oxygen atoms in total. The minimum absolute atomic E-state index is 0.112. The van der Waals surface area contributed by atoms with E-state index >= 15 is 0 Å². The summed E-state index contributed by atoms with van der Waals surface area (Å²) in [6.07, 6.45) is 11.2. The van der Waals surface area contributed by atoms with Gasteiger partial charge in [-0.2, -0.15) is 0 Å². The summed E-state index contributed by atoms with van der Waals surface area (Å²) in [5.74, 6) is -1.00. The highest BCUT2D eigenvalue weighted by Crippen LogP contribution is 2.11. The molecule has 0 bridgehead atoms. The van der Waals surface area contributed by atoms with Crippen molar-refractivity contribution in [3.05, 3.63) is 36.7 Å². The van der Waals surface area contributed by atoms with Gasteiger partial charge in [0.25, 0.3) is 0 Å². The number of ether oxygens (including phenoxy) is 2. The summed E-state index contributed by atoms with van der Waals surface area (Å²) in [4.78, 5) is 35.2. The number of amides is 1. The highest BCUT2D eigenvalue weighted by atomic mass is 16.6. The first-order chi connectivity index (χ1) is 11.8. The summed E-state index contributed by atoms with van der Waals surface area (Å²) in [6, 6.07) is 0. The van der Waals surface area contributed by atoms with Crippen molar-refractivity contribution in [3.63, 3.8) is 0 Å². The molecular formula is C20H31NO5. The topological polar surface area (TPSA) is 72.9 Å². The molecule has 1 aliphatic rings. The molecule has 0 aromatic carbocycles. The molecule has 1 amide bonds. The quantitative estimate of drug-likeness (QED) is 0.560. The molecule has 6 heteroatoms. The fraction of sp³-hybridized carbons (Fsp3) is 0.550. The van der Waals surface area contributed by atoms with E-state index in [2.05, 4.69) is 0 Å². The Balaban J connectivity index is 0.000000502. The van der Waals surface area contributed by atoms with Gasteiger partial charge < -0.3 is 9.47 Å². The molecule has 0 saturated heterocycles. The predicted octanol–water partition coefficient (Wildman–Crippen LogP) is 3.88. The smallest absolute Gasteiger partial charge is 0.317 e. The van der Waals surface area contributed by atoms with Crippen LogP contribution in [-0.4, -0.2) is 33.9 Å². The molecule has 0 aromatic rings. The number of esters is 2. The Morgan fingerprint density at radius 2 is 1.15 bits per heavy atom. The van der Waals surface area contributed by atoms with Gasteiger partial charge in [0, 0.05) is 18.8 Å². The summed E-state index contributed by atoms with van der Waals surface area (Å²) < 4.78 is 9.97. The minimum atomic E-state index is -0.570. The molecule has 1 rings (SSSR count). The van der Waals surface area contributed by atoms with E-state index in [1.165, 1.54) is 0 Å². The zero-order chi connectivity index (χ0) is 20.4. The highest BCUT2D eigenvalue weighted by molar-refractivity contribution is 5.91. The molecule has 0 saturated carbocycles. The molecule has 0 fully saturated rings. The standard InChI is InChI=1S/C11H20O4.C9H11NO/c1-10(2,3)14-8(12)7-9(13)15-11(4,5)6;1-2-9(11)10-7-5-3-4-6-8-10/h7H2,1-6H3;3-8H,2H2,1H3. The maximum Gasteiger partial charge on any atom is 0.317 e. The lowest BCUT2D eigenvalue weighted by atomic mass is 10.2. The van der Waals surface area contributed by atoms with Crippen LogP contribution in [0.3, 0.4) is 0 Å². The molecule has 0 unspecified atom stereocenters. The van der Waals surface area contributed by atoms with E-state index < -0.39 is 23.1 Å². The number of nitrogens with zero attached hydrogens (tertiary/aromatic N) is 1. The van der Waals surface area contributed by atoms with Gasteiger partial charge in [-0.1, -0.05) is 19.1 Å². The number of rotatable bonds is 3. The van der Waals surface area contributed by atoms with Crippen molar-refractivity contribution in [2.75, 3.05) is 0 Å². The molecule has 0 aliphatic carbocycles. The normalized spacial score (nSPS) is 13.4. The van der Waals surface area contributed by atoms with E-state index in [-0.39, 0.29) is 12.3 Å². The van der Waals surface area contributed by atoms with Gasteiger partial charge in [0.2, 0.25) is 5.91 Å². The third kappa shape index (κ3) is 13.0. The third-order valence-corrected chi connectivity index (χ3v) is 2.55. The molecule has 0 atom stereocenters. The van der Waals surface area contributed by atoms with Gasteiger partial charge >= 0.3 is 11.9 Å². The van der Waals surface area contributed by atoms with Crippen molar-refractivity contribution < 1.29 is 23.9 Å². The van der Waals surface area contributed by atoms with Crippen LogP contribution in [0.4, 0.5) is 0 Å². The summed E-state index contributed by atoms with van der Waals surface area (Å²) in [5.41, 5.74) is -1.14. The van der Waals surface area contributed by atoms with Crippen LogP contribution in [0.25, 0.3) is 0 Å². The van der Waals surface area contributed by atoms with Crippen LogP contribution in [0.5, 0.6) is 0 Å². The molecular weight excluding hydrogens is 334 g/mol. The zero-order valence-electron chi connectivity index (χ0n) is 16.9. The first-order valence-corrected chi connectivity index (χ1v) is 8.60. The molecule has 1 heterocycles. The van der Waals surface area contributed by atoms with Crippen LogP contribution >= 0.6 is 0 Å². The Labute approximate surface area is 156 Å². The second-order valence-electron chi connectivity index (χ2n) is 7.57. The molecule has 1 aliphatic heterocycles. The maximum atomic E-state index is 11.2. The van der Waals surface area contributed by atoms with Crippen molar-refractivity contribution in [3.8, 4) is 0 Å². The summed E-state index contributed by atoms with van der Waals surface area (Å²) >= 11 is 0. The molecule has 146 valence electrons. The van der Waals surface area contributed by atoms with Gasteiger partial charge in [0.15, 0.2) is 0 Å². The number of carbonyl (C=O) groups is 3. The van der Waals surface area contributed by atoms with E-state index in [1.807, 2.05) is 31.2 Å². The van der Waals surface area contributed by atoms with Gasteiger partial charge in [0.1, 0.15) is 17.6 Å². The zero-order valence-corrected chi connectivity index (χ0v) is 16.9. The van der Waals surface area contributed by atoms with Crippen LogP contribution < -0.4 is 0 Å². The molecule has 0 N–H and O–H groups in total. The average Bonchev–Trinajstić information content (AvgIpc) is 2.71. The second-order valence-corrected chi connectivity index (χ2v) is 7.57. The molecule has 26 heavy (non-hydrogen) atoms. The number of carbonyl (C=O) groups excluding carboxylic acids is 3. The fourth-order valence-electron chi connectivity index (χ4n) is 1.68. The summed E-state index contributed by atoms with van der Waals surface area (Å²) in [6.45, 7) is 12.3. The van der Waals surface area contributed by atoms with Crippen molar-refractivity contribution in [1.29, 1.82) is 0 Å². The van der Waals surface area contributed by atoms with Crippen molar-refractivity contribution in [1.82, 2.24) is 4.90 Å². The van der Waals surface area contributed by atoms with Crippen molar-refractivity contribution >= 4 is 17.8 Å². The highest BCUT2D eigenvalue weighted by Gasteiger charge is 2.22. The number of hydrogen-bond acceptors (Lipinski definition) is 5. The minimum Gasteiger partial charge on any atom is -0.460 e. The Morgan fingerprint density at radius 3 is 1.46 bits per heavy atom. The van der Waals surface area contributed by atoms with Gasteiger partial charge in [-0.05, 0) is 53.7 Å². The van der Waals surface area contributed by atoms with Gasteiger partial charge in [-0.25, -0.2) is 0 Å². The first kappa shape index (κ1) is 23.6. The predicted molar refractivity (Wildman–Crippen MR) is 101 cm³/mol. The first-order valence-electron chi connectivity index (χ1n) is 8.60. The van der Waals surface area contributed by atoms with E-state index in [0.29, 0.717) is 6.42 Å². The lowest BCUT2D eigenvalue weighted by Gasteiger charge is -2.21.